The Morgan fingerprint density at radius 3 is 2.90 bits per heavy atom. The lowest BCUT2D eigenvalue weighted by atomic mass is 9.95. The van der Waals surface area contributed by atoms with Gasteiger partial charge in [0.2, 0.25) is 0 Å². The Labute approximate surface area is 121 Å². The van der Waals surface area contributed by atoms with E-state index in [1.54, 1.807) is 7.11 Å². The predicted molar refractivity (Wildman–Crippen MR) is 80.9 cm³/mol. The highest BCUT2D eigenvalue weighted by atomic mass is 16.5. The molecule has 2 N–H and O–H groups in total. The lowest BCUT2D eigenvalue weighted by Crippen LogP contribution is -2.48. The Hall–Kier alpha value is -1.10. The maximum Gasteiger partial charge on any atom is 0.123 e. The van der Waals surface area contributed by atoms with Gasteiger partial charge in [-0.2, -0.15) is 0 Å². The molecule has 0 saturated carbocycles. The average molecular weight is 278 g/mol. The number of piperidine rings is 1. The van der Waals surface area contributed by atoms with E-state index in [0.717, 1.165) is 37.4 Å². The minimum absolute atomic E-state index is 0.00653. The van der Waals surface area contributed by atoms with Gasteiger partial charge in [-0.25, -0.2) is 0 Å². The summed E-state index contributed by atoms with van der Waals surface area (Å²) in [6.45, 7) is 6.42. The molecule has 1 atom stereocenters. The zero-order valence-corrected chi connectivity index (χ0v) is 12.6. The zero-order valence-electron chi connectivity index (χ0n) is 12.6. The van der Waals surface area contributed by atoms with Crippen molar-refractivity contribution in [1.29, 1.82) is 0 Å². The quantitative estimate of drug-likeness (QED) is 0.865. The van der Waals surface area contributed by atoms with Crippen molar-refractivity contribution < 1.29 is 9.47 Å². The highest BCUT2D eigenvalue weighted by Gasteiger charge is 2.30. The van der Waals surface area contributed by atoms with Gasteiger partial charge in [-0.15, -0.1) is 0 Å². The summed E-state index contributed by atoms with van der Waals surface area (Å²) in [7, 11) is 1.80. The average Bonchev–Trinajstić information content (AvgIpc) is 2.48. The first-order valence-electron chi connectivity index (χ1n) is 7.35. The number of nitrogens with zero attached hydrogens (tertiary/aromatic N) is 1. The summed E-state index contributed by atoms with van der Waals surface area (Å²) in [5.41, 5.74) is 6.77. The van der Waals surface area contributed by atoms with Crippen LogP contribution in [0.3, 0.4) is 0 Å². The molecule has 4 nitrogen and oxygen atoms in total. The monoisotopic (exact) mass is 278 g/mol. The van der Waals surface area contributed by atoms with Crippen molar-refractivity contribution in [3.8, 4) is 5.75 Å². The van der Waals surface area contributed by atoms with Crippen LogP contribution in [0.1, 0.15) is 25.3 Å². The van der Waals surface area contributed by atoms with E-state index < -0.39 is 0 Å². The molecular weight excluding hydrogens is 252 g/mol. The number of hydrogen-bond acceptors (Lipinski definition) is 4. The molecule has 112 valence electrons. The van der Waals surface area contributed by atoms with Crippen LogP contribution in [-0.2, 0) is 11.3 Å². The normalized spacial score (nSPS) is 23.8. The molecule has 2 rings (SSSR count). The minimum Gasteiger partial charge on any atom is -0.492 e. The number of likely N-dealkylation sites (tertiary alicyclic amines) is 1. The molecule has 0 radical (unpaired) electrons. The highest BCUT2D eigenvalue weighted by molar-refractivity contribution is 5.32. The molecule has 0 bridgehead atoms. The fraction of sp³-hybridized carbons (Fsp3) is 0.625. The molecule has 1 saturated heterocycles. The molecule has 1 aromatic rings. The van der Waals surface area contributed by atoms with E-state index in [-0.39, 0.29) is 5.60 Å². The number of benzene rings is 1. The first-order chi connectivity index (χ1) is 9.67. The van der Waals surface area contributed by atoms with E-state index >= 15 is 0 Å². The Morgan fingerprint density at radius 1 is 1.35 bits per heavy atom. The molecule has 20 heavy (non-hydrogen) atoms. The van der Waals surface area contributed by atoms with Crippen LogP contribution in [0.5, 0.6) is 5.75 Å². The third-order valence-electron chi connectivity index (χ3n) is 4.09. The second kappa shape index (κ2) is 7.07. The standard InChI is InChI=1S/C16H26N2O2/c1-16(19-2)8-5-9-18(13-16)10-11-20-15-7-4-3-6-14(15)12-17/h3-4,6-7H,5,8-13,17H2,1-2H3. The number of ether oxygens (including phenoxy) is 2. The highest BCUT2D eigenvalue weighted by Crippen LogP contribution is 2.23. The third kappa shape index (κ3) is 3.95. The van der Waals surface area contributed by atoms with Gasteiger partial charge in [-0.3, -0.25) is 4.90 Å². The van der Waals surface area contributed by atoms with Gasteiger partial charge in [0.15, 0.2) is 0 Å². The van der Waals surface area contributed by atoms with E-state index in [2.05, 4.69) is 11.8 Å². The fourth-order valence-electron chi connectivity index (χ4n) is 2.76. The zero-order chi connectivity index (χ0) is 14.4. The molecule has 0 amide bonds. The van der Waals surface area contributed by atoms with Gasteiger partial charge in [-0.05, 0) is 32.4 Å². The second-order valence-electron chi connectivity index (χ2n) is 5.69. The lowest BCUT2D eigenvalue weighted by Gasteiger charge is -2.39. The van der Waals surface area contributed by atoms with Crippen LogP contribution in [0.15, 0.2) is 24.3 Å². The third-order valence-corrected chi connectivity index (χ3v) is 4.09. The van der Waals surface area contributed by atoms with Crippen molar-refractivity contribution in [3.63, 3.8) is 0 Å². The molecule has 4 heteroatoms. The smallest absolute Gasteiger partial charge is 0.123 e. The molecule has 1 heterocycles. The van der Waals surface area contributed by atoms with E-state index in [4.69, 9.17) is 15.2 Å². The van der Waals surface area contributed by atoms with E-state index in [1.165, 1.54) is 6.42 Å². The van der Waals surface area contributed by atoms with Gasteiger partial charge in [0.1, 0.15) is 12.4 Å². The van der Waals surface area contributed by atoms with Crippen molar-refractivity contribution >= 4 is 0 Å². The van der Waals surface area contributed by atoms with Crippen LogP contribution in [0.2, 0.25) is 0 Å². The summed E-state index contributed by atoms with van der Waals surface area (Å²) >= 11 is 0. The van der Waals surface area contributed by atoms with Crippen LogP contribution >= 0.6 is 0 Å². The number of rotatable bonds is 6. The summed E-state index contributed by atoms with van der Waals surface area (Å²) < 4.78 is 11.5. The summed E-state index contributed by atoms with van der Waals surface area (Å²) in [4.78, 5) is 2.41. The molecule has 1 aromatic carbocycles. The van der Waals surface area contributed by atoms with Crippen molar-refractivity contribution in [3.05, 3.63) is 29.8 Å². The van der Waals surface area contributed by atoms with E-state index in [9.17, 15) is 0 Å². The van der Waals surface area contributed by atoms with Crippen LogP contribution < -0.4 is 10.5 Å². The molecule has 0 aromatic heterocycles. The summed E-state index contributed by atoms with van der Waals surface area (Å²) in [5.74, 6) is 0.904. The van der Waals surface area contributed by atoms with Crippen molar-refractivity contribution in [1.82, 2.24) is 4.90 Å². The van der Waals surface area contributed by atoms with Crippen molar-refractivity contribution in [2.24, 2.45) is 5.73 Å². The van der Waals surface area contributed by atoms with Gasteiger partial charge in [-0.1, -0.05) is 18.2 Å². The minimum atomic E-state index is -0.00653. The number of para-hydroxylation sites is 1. The molecule has 1 aliphatic heterocycles. The molecule has 0 aliphatic carbocycles. The summed E-state index contributed by atoms with van der Waals surface area (Å²) in [5, 5.41) is 0. The fourth-order valence-corrected chi connectivity index (χ4v) is 2.76. The van der Waals surface area contributed by atoms with Gasteiger partial charge in [0.25, 0.3) is 0 Å². The first-order valence-corrected chi connectivity index (χ1v) is 7.35. The summed E-state index contributed by atoms with van der Waals surface area (Å²) in [6.07, 6.45) is 2.32. The molecule has 1 fully saturated rings. The van der Waals surface area contributed by atoms with Gasteiger partial charge in [0.05, 0.1) is 5.60 Å². The Balaban J connectivity index is 1.81. The SMILES string of the molecule is COC1(C)CCCN(CCOc2ccccc2CN)C1. The van der Waals surface area contributed by atoms with Crippen LogP contribution in [0.4, 0.5) is 0 Å². The van der Waals surface area contributed by atoms with E-state index in [0.29, 0.717) is 13.2 Å². The Morgan fingerprint density at radius 2 is 2.15 bits per heavy atom. The van der Waals surface area contributed by atoms with E-state index in [1.807, 2.05) is 24.3 Å². The number of hydrogen-bond donors (Lipinski definition) is 1. The molecule has 1 unspecified atom stereocenters. The van der Waals surface area contributed by atoms with Crippen LogP contribution in [0, 0.1) is 0 Å². The van der Waals surface area contributed by atoms with Gasteiger partial charge >= 0.3 is 0 Å². The van der Waals surface area contributed by atoms with Crippen molar-refractivity contribution in [2.75, 3.05) is 33.4 Å². The van der Waals surface area contributed by atoms with Crippen LogP contribution in [-0.4, -0.2) is 43.9 Å². The Bertz CT molecular complexity index is 425. The number of nitrogens with two attached hydrogens (primary N) is 1. The topological polar surface area (TPSA) is 47.7 Å². The Kier molecular flexibility index (Phi) is 5.40. The van der Waals surface area contributed by atoms with Gasteiger partial charge in [0, 0.05) is 32.3 Å². The number of methoxy groups -OCH3 is 1. The molecule has 1 aliphatic rings. The second-order valence-corrected chi connectivity index (χ2v) is 5.69. The van der Waals surface area contributed by atoms with Crippen LogP contribution in [0.25, 0.3) is 0 Å². The summed E-state index contributed by atoms with van der Waals surface area (Å²) in [6, 6.07) is 7.97. The van der Waals surface area contributed by atoms with Crippen molar-refractivity contribution in [2.45, 2.75) is 31.9 Å². The first kappa shape index (κ1) is 15.3. The lowest BCUT2D eigenvalue weighted by molar-refractivity contribution is -0.0524. The largest absolute Gasteiger partial charge is 0.492 e. The predicted octanol–water partition coefficient (Wildman–Crippen LogP) is 2.02. The van der Waals surface area contributed by atoms with Gasteiger partial charge < -0.3 is 15.2 Å². The maximum atomic E-state index is 5.87. The maximum absolute atomic E-state index is 5.87. The molecular formula is C16H26N2O2. The molecule has 0 spiro atoms.